The Kier molecular flexibility index (Phi) is 19.0. The molecule has 0 unspecified atom stereocenters. The van der Waals surface area contributed by atoms with Crippen LogP contribution in [0.2, 0.25) is 0 Å². The van der Waals surface area contributed by atoms with E-state index in [0.29, 0.717) is 34.8 Å². The molecule has 10 rings (SSSR count). The molecule has 0 bridgehead atoms. The van der Waals surface area contributed by atoms with Crippen LogP contribution in [0.3, 0.4) is 0 Å². The number of hydrogen-bond acceptors (Lipinski definition) is 12. The van der Waals surface area contributed by atoms with Gasteiger partial charge in [0.1, 0.15) is 11.6 Å². The van der Waals surface area contributed by atoms with Crippen LogP contribution in [0, 0.1) is 27.7 Å². The van der Waals surface area contributed by atoms with Crippen molar-refractivity contribution in [3.8, 4) is 0 Å². The number of anilines is 6. The Morgan fingerprint density at radius 3 is 1.21 bits per heavy atom. The third-order valence-corrected chi connectivity index (χ3v) is 12.6. The highest BCUT2D eigenvalue weighted by Gasteiger charge is 2.24. The molecule has 0 radical (unpaired) electrons. The maximum Gasteiger partial charge on any atom is 0.326 e. The fraction of sp³-hybridized carbons (Fsp3) is 0.345. The van der Waals surface area contributed by atoms with Crippen molar-refractivity contribution in [2.24, 2.45) is 0 Å². The SMILES string of the molecule is CC(C)(C)c1cnc(NC(=O)Nc2ccccc2)[nH]1.CC(C)(C)c1cnc(NC(=O)Nc2ccccc2)[nH]1.Cc1cc(C)c2ccc(NC(=O)[C@H]3CCCN3)nc2n1.Cc1cc(C)c2ccc(NC(=O)[C@H]3CCCN3)nc2n1. The van der Waals surface area contributed by atoms with Gasteiger partial charge < -0.3 is 41.9 Å². The molecule has 2 atom stereocenters. The average Bonchev–Trinajstić information content (AvgIpc) is 4.29. The summed E-state index contributed by atoms with van der Waals surface area (Å²) in [4.78, 5) is 79.8. The number of aryl methyl sites for hydroxylation is 4. The number of carbonyl (C=O) groups excluding carboxylic acids is 4. The van der Waals surface area contributed by atoms with E-state index < -0.39 is 0 Å². The van der Waals surface area contributed by atoms with Crippen molar-refractivity contribution in [3.63, 3.8) is 0 Å². The average molecular weight is 1060 g/mol. The van der Waals surface area contributed by atoms with E-state index in [-0.39, 0.29) is 46.8 Å². The minimum Gasteiger partial charge on any atom is -0.327 e. The summed E-state index contributed by atoms with van der Waals surface area (Å²) in [6.07, 6.45) is 7.33. The van der Waals surface area contributed by atoms with Gasteiger partial charge in [-0.1, -0.05) is 77.9 Å². The lowest BCUT2D eigenvalue weighted by Crippen LogP contribution is -2.35. The number of nitrogens with zero attached hydrogens (tertiary/aromatic N) is 6. The van der Waals surface area contributed by atoms with Gasteiger partial charge >= 0.3 is 12.1 Å². The number of imidazole rings is 2. The molecular formula is C58H72N16O4. The van der Waals surface area contributed by atoms with E-state index in [4.69, 9.17) is 0 Å². The first-order valence-corrected chi connectivity index (χ1v) is 26.1. The number of aromatic nitrogens is 8. The molecule has 2 fully saturated rings. The molecule has 20 nitrogen and oxygen atoms in total. The first-order valence-electron chi connectivity index (χ1n) is 26.1. The summed E-state index contributed by atoms with van der Waals surface area (Å²) in [5, 5.41) is 24.9. The minimum atomic E-state index is -0.319. The van der Waals surface area contributed by atoms with Crippen molar-refractivity contribution in [2.75, 3.05) is 45.0 Å². The van der Waals surface area contributed by atoms with E-state index in [1.807, 2.05) is 125 Å². The molecule has 8 heterocycles. The zero-order valence-corrected chi connectivity index (χ0v) is 46.1. The Labute approximate surface area is 455 Å². The molecule has 20 heteroatoms. The van der Waals surface area contributed by atoms with Crippen molar-refractivity contribution >= 4 is 80.9 Å². The summed E-state index contributed by atoms with van der Waals surface area (Å²) in [6, 6.07) is 29.3. The topological polar surface area (TPSA) is 273 Å². The smallest absolute Gasteiger partial charge is 0.326 e. The number of carbonyl (C=O) groups is 4. The third-order valence-electron chi connectivity index (χ3n) is 12.6. The Bertz CT molecular complexity index is 3090. The fourth-order valence-electron chi connectivity index (χ4n) is 8.36. The van der Waals surface area contributed by atoms with Gasteiger partial charge in [0.05, 0.1) is 24.5 Å². The largest absolute Gasteiger partial charge is 0.327 e. The number of aromatic amines is 2. The van der Waals surface area contributed by atoms with Crippen LogP contribution in [-0.4, -0.2) is 88.9 Å². The molecular weight excluding hydrogens is 985 g/mol. The predicted octanol–water partition coefficient (Wildman–Crippen LogP) is 10.6. The van der Waals surface area contributed by atoms with Gasteiger partial charge in [-0.25, -0.2) is 39.5 Å². The molecule has 0 spiro atoms. The number of benzene rings is 2. The predicted molar refractivity (Wildman–Crippen MR) is 310 cm³/mol. The zero-order chi connectivity index (χ0) is 56.0. The van der Waals surface area contributed by atoms with Crippen LogP contribution in [0.25, 0.3) is 22.1 Å². The number of fused-ring (bicyclic) bond motifs is 2. The summed E-state index contributed by atoms with van der Waals surface area (Å²) >= 11 is 0. The van der Waals surface area contributed by atoms with Crippen LogP contribution in [0.4, 0.5) is 44.5 Å². The molecule has 10 N–H and O–H groups in total. The van der Waals surface area contributed by atoms with E-state index in [2.05, 4.69) is 124 Å². The normalized spacial score (nSPS) is 14.8. The van der Waals surface area contributed by atoms with Crippen molar-refractivity contribution in [1.29, 1.82) is 0 Å². The lowest BCUT2D eigenvalue weighted by molar-refractivity contribution is -0.118. The van der Waals surface area contributed by atoms with Crippen LogP contribution in [0.5, 0.6) is 0 Å². The van der Waals surface area contributed by atoms with Gasteiger partial charge in [-0.05, 0) is 138 Å². The second kappa shape index (κ2) is 25.9. The van der Waals surface area contributed by atoms with Gasteiger partial charge in [0.15, 0.2) is 11.3 Å². The minimum absolute atomic E-state index is 0.0151. The van der Waals surface area contributed by atoms with E-state index in [9.17, 15) is 19.2 Å². The summed E-state index contributed by atoms with van der Waals surface area (Å²) in [6.45, 7) is 22.3. The van der Waals surface area contributed by atoms with Gasteiger partial charge in [0, 0.05) is 55.8 Å². The van der Waals surface area contributed by atoms with Crippen LogP contribution in [-0.2, 0) is 20.4 Å². The van der Waals surface area contributed by atoms with Crippen molar-refractivity contribution in [3.05, 3.63) is 143 Å². The van der Waals surface area contributed by atoms with Gasteiger partial charge in [-0.2, -0.15) is 0 Å². The van der Waals surface area contributed by atoms with Crippen LogP contribution in [0.15, 0.2) is 109 Å². The Morgan fingerprint density at radius 2 is 0.872 bits per heavy atom. The first kappa shape index (κ1) is 57.1. The molecule has 2 saturated heterocycles. The number of hydrogen-bond donors (Lipinski definition) is 10. The molecule has 0 aliphatic carbocycles. The molecule has 2 aliphatic heterocycles. The Morgan fingerprint density at radius 1 is 0.487 bits per heavy atom. The molecule has 2 aliphatic rings. The van der Waals surface area contributed by atoms with Crippen molar-refractivity contribution in [2.45, 2.75) is 118 Å². The van der Waals surface area contributed by atoms with Gasteiger partial charge in [0.2, 0.25) is 23.7 Å². The second-order valence-electron chi connectivity index (χ2n) is 21.3. The Hall–Kier alpha value is -8.62. The van der Waals surface area contributed by atoms with E-state index in [0.717, 1.165) is 94.8 Å². The standard InChI is InChI=1S/2C15H18N4O.2C14H18N4O/c2*1-9-8-10(2)17-14-11(9)5-6-13(18-14)19-15(20)12-4-3-7-16-12;2*1-14(2,3)11-9-15-12(17-11)18-13(19)16-10-7-5-4-6-8-10/h2*5-6,8,12,16H,3-4,7H2,1-2H3,(H,17,18,19,20);2*4-9H,1-3H3,(H3,15,16,17,18,19)/t2*12-;;/m11../s1. The zero-order valence-electron chi connectivity index (χ0n) is 46.1. The number of H-pyrrole nitrogens is 2. The first-order chi connectivity index (χ1) is 37.2. The lowest BCUT2D eigenvalue weighted by Gasteiger charge is -2.15. The summed E-state index contributed by atoms with van der Waals surface area (Å²) in [5.74, 6) is 1.98. The second-order valence-corrected chi connectivity index (χ2v) is 21.3. The summed E-state index contributed by atoms with van der Waals surface area (Å²) in [7, 11) is 0. The van der Waals surface area contributed by atoms with Gasteiger partial charge in [-0.15, -0.1) is 0 Å². The number of rotatable bonds is 8. The molecule has 2 aromatic carbocycles. The number of para-hydroxylation sites is 2. The van der Waals surface area contributed by atoms with Crippen LogP contribution in [0.1, 0.15) is 101 Å². The molecule has 8 aromatic rings. The van der Waals surface area contributed by atoms with Crippen LogP contribution >= 0.6 is 0 Å². The van der Waals surface area contributed by atoms with Crippen molar-refractivity contribution < 1.29 is 19.2 Å². The highest BCUT2D eigenvalue weighted by molar-refractivity contribution is 5.99. The monoisotopic (exact) mass is 1060 g/mol. The van der Waals surface area contributed by atoms with Gasteiger partial charge in [0.25, 0.3) is 0 Å². The lowest BCUT2D eigenvalue weighted by atomic mass is 9.93. The van der Waals surface area contributed by atoms with Crippen molar-refractivity contribution in [1.82, 2.24) is 50.5 Å². The molecule has 408 valence electrons. The van der Waals surface area contributed by atoms with E-state index in [1.165, 1.54) is 0 Å². The highest BCUT2D eigenvalue weighted by atomic mass is 16.2. The number of nitrogens with one attached hydrogen (secondary N) is 10. The summed E-state index contributed by atoms with van der Waals surface area (Å²) < 4.78 is 0. The molecule has 0 saturated carbocycles. The number of urea groups is 2. The van der Waals surface area contributed by atoms with E-state index >= 15 is 0 Å². The quantitative estimate of drug-likeness (QED) is 0.0681. The molecule has 78 heavy (non-hydrogen) atoms. The van der Waals surface area contributed by atoms with Crippen LogP contribution < -0.4 is 42.5 Å². The van der Waals surface area contributed by atoms with E-state index in [1.54, 1.807) is 12.4 Å². The third kappa shape index (κ3) is 16.7. The number of amides is 6. The molecule has 6 amide bonds. The molecule has 6 aromatic heterocycles. The highest BCUT2D eigenvalue weighted by Crippen LogP contribution is 2.24. The maximum absolute atomic E-state index is 12.1. The van der Waals surface area contributed by atoms with Gasteiger partial charge in [-0.3, -0.25) is 20.2 Å². The number of pyridine rings is 4. The summed E-state index contributed by atoms with van der Waals surface area (Å²) in [5.41, 5.74) is 8.90. The Balaban J connectivity index is 0.000000151. The fourth-order valence-corrected chi connectivity index (χ4v) is 8.36. The maximum atomic E-state index is 12.1.